The van der Waals surface area contributed by atoms with Crippen molar-refractivity contribution in [1.29, 1.82) is 0 Å². The second-order valence-electron chi connectivity index (χ2n) is 6.25. The molecule has 2 rings (SSSR count). The number of thiophene rings is 1. The van der Waals surface area contributed by atoms with E-state index < -0.39 is 0 Å². The molecule has 1 aromatic heterocycles. The highest BCUT2D eigenvalue weighted by atomic mass is 127. The summed E-state index contributed by atoms with van der Waals surface area (Å²) in [6.45, 7) is 6.44. The number of likely N-dealkylation sites (N-methyl/N-ethyl adjacent to an activating group) is 2. The van der Waals surface area contributed by atoms with E-state index in [1.807, 2.05) is 18.4 Å². The smallest absolute Gasteiger partial charge is 0.191 e. The Labute approximate surface area is 167 Å². The van der Waals surface area contributed by atoms with Crippen LogP contribution >= 0.6 is 35.3 Å². The SMILES string of the molecule is CCN1CCCC1CNC(=NC)NCC(c1cccs1)N(C)C.I. The molecule has 0 amide bonds. The lowest BCUT2D eigenvalue weighted by Gasteiger charge is -2.26. The van der Waals surface area contributed by atoms with Crippen molar-refractivity contribution >= 4 is 41.3 Å². The van der Waals surface area contributed by atoms with Crippen molar-refractivity contribution < 1.29 is 0 Å². The highest BCUT2D eigenvalue weighted by Crippen LogP contribution is 2.22. The third kappa shape index (κ3) is 6.16. The van der Waals surface area contributed by atoms with Gasteiger partial charge in [0.05, 0.1) is 6.04 Å². The normalized spacial score (nSPS) is 20.0. The van der Waals surface area contributed by atoms with Crippen LogP contribution in [0, 0.1) is 0 Å². The summed E-state index contributed by atoms with van der Waals surface area (Å²) >= 11 is 1.81. The van der Waals surface area contributed by atoms with Crippen molar-refractivity contribution in [2.45, 2.75) is 31.8 Å². The van der Waals surface area contributed by atoms with Gasteiger partial charge in [-0.2, -0.15) is 0 Å². The molecule has 7 heteroatoms. The number of hydrogen-bond donors (Lipinski definition) is 2. The highest BCUT2D eigenvalue weighted by Gasteiger charge is 2.23. The average Bonchev–Trinajstić information content (AvgIpc) is 3.21. The minimum Gasteiger partial charge on any atom is -0.355 e. The third-order valence-electron chi connectivity index (χ3n) is 4.59. The quantitative estimate of drug-likeness (QED) is 0.369. The molecule has 2 heterocycles. The van der Waals surface area contributed by atoms with Gasteiger partial charge in [-0.3, -0.25) is 9.89 Å². The Morgan fingerprint density at radius 3 is 2.83 bits per heavy atom. The van der Waals surface area contributed by atoms with E-state index in [1.165, 1.54) is 24.3 Å². The molecule has 1 aromatic rings. The Kier molecular flexibility index (Phi) is 10.2. The third-order valence-corrected chi connectivity index (χ3v) is 5.57. The van der Waals surface area contributed by atoms with Gasteiger partial charge in [0, 0.05) is 31.1 Å². The lowest BCUT2D eigenvalue weighted by molar-refractivity contribution is 0.266. The number of likely N-dealkylation sites (tertiary alicyclic amines) is 1. The molecule has 0 saturated carbocycles. The molecule has 24 heavy (non-hydrogen) atoms. The zero-order valence-electron chi connectivity index (χ0n) is 15.3. The van der Waals surface area contributed by atoms with Crippen LogP contribution in [0.4, 0.5) is 0 Å². The van der Waals surface area contributed by atoms with E-state index in [1.54, 1.807) is 0 Å². The summed E-state index contributed by atoms with van der Waals surface area (Å²) in [5.41, 5.74) is 0. The van der Waals surface area contributed by atoms with E-state index >= 15 is 0 Å². The zero-order chi connectivity index (χ0) is 16.7. The van der Waals surface area contributed by atoms with Gasteiger partial charge in [-0.25, -0.2) is 0 Å². The fourth-order valence-electron chi connectivity index (χ4n) is 3.19. The van der Waals surface area contributed by atoms with Crippen molar-refractivity contribution in [3.05, 3.63) is 22.4 Å². The molecule has 0 spiro atoms. The molecular weight excluding hydrogens is 433 g/mol. The molecule has 1 aliphatic rings. The Morgan fingerprint density at radius 2 is 2.25 bits per heavy atom. The molecule has 5 nitrogen and oxygen atoms in total. The van der Waals surface area contributed by atoms with E-state index in [2.05, 4.69) is 64.0 Å². The minimum absolute atomic E-state index is 0. The van der Waals surface area contributed by atoms with Crippen molar-refractivity contribution in [3.63, 3.8) is 0 Å². The summed E-state index contributed by atoms with van der Waals surface area (Å²) in [5.74, 6) is 0.899. The maximum atomic E-state index is 4.37. The lowest BCUT2D eigenvalue weighted by atomic mass is 10.2. The first kappa shape index (κ1) is 21.7. The van der Waals surface area contributed by atoms with Crippen LogP contribution in [0.15, 0.2) is 22.5 Å². The number of guanidine groups is 1. The summed E-state index contributed by atoms with van der Waals surface area (Å²) in [4.78, 5) is 10.6. The Hall–Kier alpha value is -0.380. The van der Waals surface area contributed by atoms with Gasteiger partial charge < -0.3 is 15.5 Å². The van der Waals surface area contributed by atoms with Crippen LogP contribution in [-0.2, 0) is 0 Å². The minimum atomic E-state index is 0. The summed E-state index contributed by atoms with van der Waals surface area (Å²) < 4.78 is 0. The second-order valence-corrected chi connectivity index (χ2v) is 7.23. The van der Waals surface area contributed by atoms with Crippen molar-refractivity contribution in [3.8, 4) is 0 Å². The molecular formula is C17H32IN5S. The fraction of sp³-hybridized carbons (Fsp3) is 0.706. The molecule has 1 saturated heterocycles. The van der Waals surface area contributed by atoms with Crippen LogP contribution in [-0.4, -0.2) is 69.1 Å². The van der Waals surface area contributed by atoms with E-state index in [9.17, 15) is 0 Å². The zero-order valence-corrected chi connectivity index (χ0v) is 18.4. The van der Waals surface area contributed by atoms with Gasteiger partial charge in [-0.1, -0.05) is 13.0 Å². The van der Waals surface area contributed by atoms with E-state index in [0.29, 0.717) is 12.1 Å². The number of nitrogens with one attached hydrogen (secondary N) is 2. The van der Waals surface area contributed by atoms with E-state index in [-0.39, 0.29) is 24.0 Å². The van der Waals surface area contributed by atoms with Gasteiger partial charge >= 0.3 is 0 Å². The van der Waals surface area contributed by atoms with Crippen LogP contribution in [0.25, 0.3) is 0 Å². The number of aliphatic imine (C=N–C) groups is 1. The van der Waals surface area contributed by atoms with Gasteiger partial charge in [0.25, 0.3) is 0 Å². The average molecular weight is 465 g/mol. The van der Waals surface area contributed by atoms with Gasteiger partial charge in [0.15, 0.2) is 5.96 Å². The van der Waals surface area contributed by atoms with Gasteiger partial charge in [0.2, 0.25) is 0 Å². The molecule has 0 aliphatic carbocycles. The van der Waals surface area contributed by atoms with Crippen LogP contribution in [0.3, 0.4) is 0 Å². The maximum Gasteiger partial charge on any atom is 0.191 e. The van der Waals surface area contributed by atoms with Gasteiger partial charge in [0.1, 0.15) is 0 Å². The summed E-state index contributed by atoms with van der Waals surface area (Å²) in [5, 5.41) is 9.12. The van der Waals surface area contributed by atoms with Crippen molar-refractivity contribution in [2.75, 3.05) is 47.3 Å². The van der Waals surface area contributed by atoms with Gasteiger partial charge in [-0.05, 0) is 51.5 Å². The predicted octanol–water partition coefficient (Wildman–Crippen LogP) is 2.62. The van der Waals surface area contributed by atoms with E-state index in [4.69, 9.17) is 0 Å². The first-order valence-electron chi connectivity index (χ1n) is 8.54. The Bertz CT molecular complexity index is 477. The van der Waals surface area contributed by atoms with Crippen molar-refractivity contribution in [2.24, 2.45) is 4.99 Å². The van der Waals surface area contributed by atoms with Gasteiger partial charge in [-0.15, -0.1) is 35.3 Å². The van der Waals surface area contributed by atoms with Crippen molar-refractivity contribution in [1.82, 2.24) is 20.4 Å². The lowest BCUT2D eigenvalue weighted by Crippen LogP contribution is -2.46. The summed E-state index contributed by atoms with van der Waals surface area (Å²) in [7, 11) is 6.09. The number of nitrogens with zero attached hydrogens (tertiary/aromatic N) is 3. The largest absolute Gasteiger partial charge is 0.355 e. The molecule has 1 fully saturated rings. The van der Waals surface area contributed by atoms with E-state index in [0.717, 1.165) is 25.6 Å². The Balaban J connectivity index is 0.00000288. The second kappa shape index (κ2) is 11.3. The highest BCUT2D eigenvalue weighted by molar-refractivity contribution is 14.0. The monoisotopic (exact) mass is 465 g/mol. The van der Waals surface area contributed by atoms with Crippen LogP contribution in [0.5, 0.6) is 0 Å². The standard InChI is InChI=1S/C17H31N5S.HI/c1-5-22-10-6-8-14(22)12-19-17(18-2)20-13-15(21(3)4)16-9-7-11-23-16;/h7,9,11,14-15H,5-6,8,10,12-13H2,1-4H3,(H2,18,19,20);1H. The molecule has 2 atom stereocenters. The van der Waals surface area contributed by atoms with Crippen LogP contribution < -0.4 is 10.6 Å². The first-order valence-corrected chi connectivity index (χ1v) is 9.42. The topological polar surface area (TPSA) is 42.9 Å². The molecule has 0 bridgehead atoms. The van der Waals surface area contributed by atoms with Crippen LogP contribution in [0.2, 0.25) is 0 Å². The number of rotatable bonds is 7. The number of halogens is 1. The Morgan fingerprint density at radius 1 is 1.46 bits per heavy atom. The van der Waals surface area contributed by atoms with Crippen LogP contribution in [0.1, 0.15) is 30.7 Å². The molecule has 138 valence electrons. The maximum absolute atomic E-state index is 4.37. The predicted molar refractivity (Wildman–Crippen MR) is 116 cm³/mol. The summed E-state index contributed by atoms with van der Waals surface area (Å²) in [6.07, 6.45) is 2.60. The summed E-state index contributed by atoms with van der Waals surface area (Å²) in [6, 6.07) is 5.32. The molecule has 0 radical (unpaired) electrons. The number of hydrogen-bond acceptors (Lipinski definition) is 4. The molecule has 2 N–H and O–H groups in total. The molecule has 2 unspecified atom stereocenters. The first-order chi connectivity index (χ1) is 11.2. The molecule has 0 aromatic carbocycles. The molecule has 1 aliphatic heterocycles. The fourth-order valence-corrected chi connectivity index (χ4v) is 4.11.